The molecule has 0 fully saturated rings. The molecule has 0 aliphatic heterocycles. The number of hydrogen-bond acceptors (Lipinski definition) is 4. The quantitative estimate of drug-likeness (QED) is 0.573. The second kappa shape index (κ2) is 7.86. The third kappa shape index (κ3) is 6.21. The molecular formula is C13H15NO5. The fourth-order valence-electron chi connectivity index (χ4n) is 1.42. The summed E-state index contributed by atoms with van der Waals surface area (Å²) in [6.45, 7) is 0.164. The summed E-state index contributed by atoms with van der Waals surface area (Å²) in [7, 11) is 0. The number of hydrogen-bond donors (Lipinski definition) is 2. The number of carbonyl (C=O) groups excluding carboxylic acids is 2. The van der Waals surface area contributed by atoms with Gasteiger partial charge in [0.05, 0.1) is 6.04 Å². The Kier molecular flexibility index (Phi) is 6.08. The van der Waals surface area contributed by atoms with Gasteiger partial charge in [-0.1, -0.05) is 30.3 Å². The van der Waals surface area contributed by atoms with Crippen molar-refractivity contribution in [3.63, 3.8) is 0 Å². The molecule has 0 radical (unpaired) electrons. The van der Waals surface area contributed by atoms with Gasteiger partial charge < -0.3 is 20.0 Å². The molecule has 0 spiro atoms. The predicted molar refractivity (Wildman–Crippen MR) is 66.5 cm³/mol. The number of rotatable bonds is 7. The van der Waals surface area contributed by atoms with Gasteiger partial charge in [-0.25, -0.2) is 4.79 Å². The number of ether oxygens (including phenoxy) is 1. The molecule has 1 aromatic carbocycles. The number of nitrogens with one attached hydrogen (secondary N) is 1. The van der Waals surface area contributed by atoms with E-state index in [1.165, 1.54) is 0 Å². The second-order valence-corrected chi connectivity index (χ2v) is 3.88. The van der Waals surface area contributed by atoms with Crippen molar-refractivity contribution in [1.82, 2.24) is 5.32 Å². The normalized spacial score (nSPS) is 11.4. The summed E-state index contributed by atoms with van der Waals surface area (Å²) in [5.41, 5.74) is 0.867. The Morgan fingerprint density at radius 3 is 2.58 bits per heavy atom. The van der Waals surface area contributed by atoms with E-state index in [2.05, 4.69) is 0 Å². The molecule has 6 heteroatoms. The van der Waals surface area contributed by atoms with Gasteiger partial charge in [0.15, 0.2) is 0 Å². The zero-order valence-corrected chi connectivity index (χ0v) is 10.2. The first kappa shape index (κ1) is 14.7. The molecule has 0 saturated carbocycles. The number of benzene rings is 1. The van der Waals surface area contributed by atoms with Crippen LogP contribution in [0.1, 0.15) is 18.4 Å². The lowest BCUT2D eigenvalue weighted by atomic mass is 10.2. The summed E-state index contributed by atoms with van der Waals surface area (Å²) in [6, 6.07) is 8.30. The molecular weight excluding hydrogens is 250 g/mol. The highest BCUT2D eigenvalue weighted by molar-refractivity contribution is 5.73. The van der Waals surface area contributed by atoms with E-state index in [9.17, 15) is 14.4 Å². The fourth-order valence-corrected chi connectivity index (χ4v) is 1.42. The van der Waals surface area contributed by atoms with Crippen LogP contribution in [-0.2, 0) is 20.9 Å². The van der Waals surface area contributed by atoms with Crippen LogP contribution in [0.4, 0.5) is 4.79 Å². The summed E-state index contributed by atoms with van der Waals surface area (Å²) >= 11 is 0. The van der Waals surface area contributed by atoms with Crippen molar-refractivity contribution in [2.24, 2.45) is 0 Å². The van der Waals surface area contributed by atoms with E-state index >= 15 is 0 Å². The molecule has 1 amide bonds. The molecule has 6 nitrogen and oxygen atoms in total. The maximum absolute atomic E-state index is 11.4. The molecule has 19 heavy (non-hydrogen) atoms. The van der Waals surface area contributed by atoms with Crippen LogP contribution in [0.2, 0.25) is 0 Å². The molecule has 0 aromatic heterocycles. The molecule has 102 valence electrons. The maximum atomic E-state index is 11.4. The molecule has 0 aliphatic rings. The van der Waals surface area contributed by atoms with E-state index in [4.69, 9.17) is 9.84 Å². The summed E-state index contributed by atoms with van der Waals surface area (Å²) in [4.78, 5) is 32.3. The van der Waals surface area contributed by atoms with Gasteiger partial charge in [0.25, 0.3) is 0 Å². The summed E-state index contributed by atoms with van der Waals surface area (Å²) in [5.74, 6) is -0.470. The summed E-state index contributed by atoms with van der Waals surface area (Å²) in [5, 5.41) is 10.4. The van der Waals surface area contributed by atoms with Gasteiger partial charge in [-0.15, -0.1) is 0 Å². The van der Waals surface area contributed by atoms with Crippen molar-refractivity contribution >= 4 is 18.3 Å². The minimum atomic E-state index is -1.30. The van der Waals surface area contributed by atoms with Crippen molar-refractivity contribution in [2.75, 3.05) is 0 Å². The SMILES string of the molecule is O=C[C@H](CCC(=O)OCc1ccccc1)NC(=O)O. The van der Waals surface area contributed by atoms with Crippen LogP contribution in [-0.4, -0.2) is 29.5 Å². The molecule has 0 aliphatic carbocycles. The first-order valence-corrected chi connectivity index (χ1v) is 5.76. The number of carboxylic acid groups (broad SMARTS) is 1. The van der Waals surface area contributed by atoms with E-state index < -0.39 is 18.1 Å². The number of carbonyl (C=O) groups is 3. The van der Waals surface area contributed by atoms with Crippen LogP contribution in [0.3, 0.4) is 0 Å². The third-order valence-corrected chi connectivity index (χ3v) is 2.38. The smallest absolute Gasteiger partial charge is 0.405 e. The third-order valence-electron chi connectivity index (χ3n) is 2.38. The minimum absolute atomic E-state index is 0.0173. The minimum Gasteiger partial charge on any atom is -0.465 e. The van der Waals surface area contributed by atoms with Crippen LogP contribution in [0, 0.1) is 0 Å². The monoisotopic (exact) mass is 265 g/mol. The zero-order valence-electron chi connectivity index (χ0n) is 10.2. The Morgan fingerprint density at radius 2 is 2.00 bits per heavy atom. The highest BCUT2D eigenvalue weighted by Crippen LogP contribution is 2.03. The molecule has 0 saturated heterocycles. The molecule has 1 aromatic rings. The zero-order chi connectivity index (χ0) is 14.1. The molecule has 0 heterocycles. The molecule has 2 N–H and O–H groups in total. The topological polar surface area (TPSA) is 92.7 Å². The van der Waals surface area contributed by atoms with Crippen LogP contribution >= 0.6 is 0 Å². The Hall–Kier alpha value is -2.37. The lowest BCUT2D eigenvalue weighted by molar-refractivity contribution is -0.145. The lowest BCUT2D eigenvalue weighted by Gasteiger charge is -2.09. The second-order valence-electron chi connectivity index (χ2n) is 3.88. The average Bonchev–Trinajstić information content (AvgIpc) is 2.42. The summed E-state index contributed by atoms with van der Waals surface area (Å²) in [6.07, 6.45) is -0.770. The molecule has 1 atom stereocenters. The number of aldehydes is 1. The first-order chi connectivity index (χ1) is 9.11. The van der Waals surface area contributed by atoms with E-state index in [1.54, 1.807) is 0 Å². The largest absolute Gasteiger partial charge is 0.465 e. The van der Waals surface area contributed by atoms with Gasteiger partial charge in [0, 0.05) is 6.42 Å². The van der Waals surface area contributed by atoms with Crippen molar-refractivity contribution in [3.8, 4) is 0 Å². The van der Waals surface area contributed by atoms with Crippen LogP contribution in [0.25, 0.3) is 0 Å². The van der Waals surface area contributed by atoms with Crippen LogP contribution in [0.15, 0.2) is 30.3 Å². The standard InChI is InChI=1S/C13H15NO5/c15-8-11(14-13(17)18)6-7-12(16)19-9-10-4-2-1-3-5-10/h1-5,8,11,14H,6-7,9H2,(H,17,18)/t11-/m0/s1. The predicted octanol–water partition coefficient (Wildman–Crippen LogP) is 1.35. The first-order valence-electron chi connectivity index (χ1n) is 5.76. The van der Waals surface area contributed by atoms with E-state index in [0.717, 1.165) is 5.56 Å². The highest BCUT2D eigenvalue weighted by atomic mass is 16.5. The molecule has 0 bridgehead atoms. The van der Waals surface area contributed by atoms with Crippen molar-refractivity contribution < 1.29 is 24.2 Å². The van der Waals surface area contributed by atoms with E-state index in [1.807, 2.05) is 35.6 Å². The van der Waals surface area contributed by atoms with E-state index in [-0.39, 0.29) is 19.4 Å². The van der Waals surface area contributed by atoms with Gasteiger partial charge in [-0.2, -0.15) is 0 Å². The number of amides is 1. The van der Waals surface area contributed by atoms with Crippen LogP contribution < -0.4 is 5.32 Å². The number of esters is 1. The van der Waals surface area contributed by atoms with Crippen molar-refractivity contribution in [3.05, 3.63) is 35.9 Å². The van der Waals surface area contributed by atoms with Gasteiger partial charge in [-0.3, -0.25) is 4.79 Å². The molecule has 1 rings (SSSR count). The van der Waals surface area contributed by atoms with Gasteiger partial charge in [0.2, 0.25) is 0 Å². The van der Waals surface area contributed by atoms with Gasteiger partial charge in [0.1, 0.15) is 12.9 Å². The Bertz CT molecular complexity index is 432. The fraction of sp³-hybridized carbons (Fsp3) is 0.308. The highest BCUT2D eigenvalue weighted by Gasteiger charge is 2.13. The Morgan fingerprint density at radius 1 is 1.32 bits per heavy atom. The lowest BCUT2D eigenvalue weighted by Crippen LogP contribution is -2.35. The average molecular weight is 265 g/mol. The van der Waals surface area contributed by atoms with Gasteiger partial charge in [-0.05, 0) is 12.0 Å². The van der Waals surface area contributed by atoms with Gasteiger partial charge >= 0.3 is 12.1 Å². The maximum Gasteiger partial charge on any atom is 0.405 e. The molecule has 0 unspecified atom stereocenters. The Balaban J connectivity index is 2.27. The summed E-state index contributed by atoms with van der Waals surface area (Å²) < 4.78 is 5.00. The van der Waals surface area contributed by atoms with Crippen molar-refractivity contribution in [2.45, 2.75) is 25.5 Å². The van der Waals surface area contributed by atoms with E-state index in [0.29, 0.717) is 6.29 Å². The Labute approximate surface area is 110 Å². The van der Waals surface area contributed by atoms with Crippen molar-refractivity contribution in [1.29, 1.82) is 0 Å². The van der Waals surface area contributed by atoms with Crippen LogP contribution in [0.5, 0.6) is 0 Å².